The first-order valence-corrected chi connectivity index (χ1v) is 10.2. The minimum atomic E-state index is -1.77. The van der Waals surface area contributed by atoms with E-state index in [-0.39, 0.29) is 11.9 Å². The van der Waals surface area contributed by atoms with E-state index in [4.69, 9.17) is 9.16 Å². The topological polar surface area (TPSA) is 35.5 Å². The van der Waals surface area contributed by atoms with Crippen LogP contribution in [0.5, 0.6) is 0 Å². The summed E-state index contributed by atoms with van der Waals surface area (Å²) in [6.45, 7) is 6.67. The van der Waals surface area contributed by atoms with Gasteiger partial charge in [-0.3, -0.25) is 4.79 Å². The van der Waals surface area contributed by atoms with Crippen molar-refractivity contribution in [2.75, 3.05) is 6.61 Å². The van der Waals surface area contributed by atoms with E-state index in [1.165, 1.54) is 0 Å². The van der Waals surface area contributed by atoms with Crippen LogP contribution in [0.15, 0.2) is 36.4 Å². The molecular weight excluding hydrogens is 268 g/mol. The Morgan fingerprint density at radius 1 is 1.35 bits per heavy atom. The lowest BCUT2D eigenvalue weighted by molar-refractivity contribution is -0.143. The zero-order chi connectivity index (χ0) is 14.6. The molecule has 0 fully saturated rings. The molecule has 20 heavy (non-hydrogen) atoms. The number of ether oxygens (including phenoxy) is 1. The maximum atomic E-state index is 11.7. The van der Waals surface area contributed by atoms with Crippen LogP contribution in [-0.4, -0.2) is 20.9 Å². The zero-order valence-corrected chi connectivity index (χ0v) is 13.4. The second-order valence-corrected chi connectivity index (χ2v) is 9.86. The van der Waals surface area contributed by atoms with Crippen molar-refractivity contribution < 1.29 is 14.0 Å². The maximum Gasteiger partial charge on any atom is 0.306 e. The predicted octanol–water partition coefficient (Wildman–Crippen LogP) is 3.83. The molecule has 1 aliphatic heterocycles. The molecule has 1 heterocycles. The van der Waals surface area contributed by atoms with E-state index in [0.29, 0.717) is 13.0 Å². The Bertz CT molecular complexity index is 494. The Hall–Kier alpha value is -1.55. The van der Waals surface area contributed by atoms with Crippen LogP contribution in [0.4, 0.5) is 0 Å². The fourth-order valence-corrected chi connectivity index (χ4v) is 4.99. The number of allylic oxidation sites excluding steroid dienone is 1. The molecule has 0 N–H and O–H groups in total. The fourth-order valence-electron chi connectivity index (χ4n) is 2.60. The third-order valence-corrected chi connectivity index (χ3v) is 5.60. The van der Waals surface area contributed by atoms with Crippen LogP contribution in [0, 0.1) is 5.92 Å². The van der Waals surface area contributed by atoms with E-state index >= 15 is 0 Å². The highest BCUT2D eigenvalue weighted by Gasteiger charge is 2.34. The van der Waals surface area contributed by atoms with Gasteiger partial charge in [0, 0.05) is 5.56 Å². The molecule has 4 heteroatoms. The van der Waals surface area contributed by atoms with Gasteiger partial charge in [-0.15, -0.1) is 0 Å². The molecule has 0 amide bonds. The SMILES string of the molecule is CCOC(=O)CC1C=C(c2ccccc2)O[Si](C)(C)C1. The molecule has 0 bridgehead atoms. The first-order chi connectivity index (χ1) is 9.50. The number of carbonyl (C=O) groups is 1. The van der Waals surface area contributed by atoms with Gasteiger partial charge in [-0.1, -0.05) is 30.3 Å². The number of hydrogen-bond donors (Lipinski definition) is 0. The Morgan fingerprint density at radius 2 is 2.05 bits per heavy atom. The van der Waals surface area contributed by atoms with Gasteiger partial charge in [-0.25, -0.2) is 0 Å². The lowest BCUT2D eigenvalue weighted by Crippen LogP contribution is -2.36. The summed E-state index contributed by atoms with van der Waals surface area (Å²) in [6, 6.07) is 11.0. The van der Waals surface area contributed by atoms with Crippen LogP contribution in [0.25, 0.3) is 5.76 Å². The molecule has 0 aliphatic carbocycles. The molecule has 0 spiro atoms. The first-order valence-electron chi connectivity index (χ1n) is 7.12. The van der Waals surface area contributed by atoms with Gasteiger partial charge in [0.15, 0.2) is 0 Å². The first kappa shape index (κ1) is 14.8. The van der Waals surface area contributed by atoms with Gasteiger partial charge in [-0.2, -0.15) is 0 Å². The van der Waals surface area contributed by atoms with Gasteiger partial charge in [0.1, 0.15) is 5.76 Å². The van der Waals surface area contributed by atoms with Gasteiger partial charge in [0.25, 0.3) is 0 Å². The van der Waals surface area contributed by atoms with Crippen molar-refractivity contribution >= 4 is 20.0 Å². The summed E-state index contributed by atoms with van der Waals surface area (Å²) in [6.07, 6.45) is 2.54. The number of rotatable bonds is 4. The highest BCUT2D eigenvalue weighted by atomic mass is 28.4. The molecular formula is C16H22O3Si. The molecule has 0 saturated heterocycles. The second kappa shape index (κ2) is 6.26. The normalized spacial score (nSPS) is 20.8. The predicted molar refractivity (Wildman–Crippen MR) is 82.5 cm³/mol. The quantitative estimate of drug-likeness (QED) is 0.624. The summed E-state index contributed by atoms with van der Waals surface area (Å²) in [5, 5.41) is 0. The van der Waals surface area contributed by atoms with Crippen molar-refractivity contribution in [2.45, 2.75) is 32.5 Å². The third kappa shape index (κ3) is 3.97. The van der Waals surface area contributed by atoms with E-state index in [1.54, 1.807) is 0 Å². The lowest BCUT2D eigenvalue weighted by atomic mass is 10.0. The number of esters is 1. The summed E-state index contributed by atoms with van der Waals surface area (Å²) in [5.74, 6) is 1.02. The van der Waals surface area contributed by atoms with Gasteiger partial charge >= 0.3 is 5.97 Å². The van der Waals surface area contributed by atoms with Crippen LogP contribution in [0.2, 0.25) is 19.1 Å². The fraction of sp³-hybridized carbons (Fsp3) is 0.438. The molecule has 0 saturated carbocycles. The molecule has 2 rings (SSSR count). The number of benzene rings is 1. The molecule has 0 aromatic heterocycles. The maximum absolute atomic E-state index is 11.7. The summed E-state index contributed by atoms with van der Waals surface area (Å²) in [5.41, 5.74) is 1.08. The largest absolute Gasteiger partial charge is 0.544 e. The summed E-state index contributed by atoms with van der Waals surface area (Å²) in [7, 11) is -1.77. The van der Waals surface area contributed by atoms with Crippen LogP contribution < -0.4 is 0 Å². The molecule has 1 unspecified atom stereocenters. The molecule has 1 aromatic carbocycles. The van der Waals surface area contributed by atoms with Crippen molar-refractivity contribution in [3.8, 4) is 0 Å². The zero-order valence-electron chi connectivity index (χ0n) is 12.4. The second-order valence-electron chi connectivity index (χ2n) is 5.73. The van der Waals surface area contributed by atoms with E-state index in [1.807, 2.05) is 37.3 Å². The Labute approximate surface area is 121 Å². The summed E-state index contributed by atoms with van der Waals surface area (Å²) in [4.78, 5) is 11.7. The lowest BCUT2D eigenvalue weighted by Gasteiger charge is -2.34. The molecule has 3 nitrogen and oxygen atoms in total. The van der Waals surface area contributed by atoms with E-state index < -0.39 is 8.32 Å². The summed E-state index contributed by atoms with van der Waals surface area (Å²) >= 11 is 0. The van der Waals surface area contributed by atoms with Crippen LogP contribution >= 0.6 is 0 Å². The van der Waals surface area contributed by atoms with Crippen molar-refractivity contribution in [1.82, 2.24) is 0 Å². The molecule has 108 valence electrons. The smallest absolute Gasteiger partial charge is 0.306 e. The molecule has 1 aromatic rings. The monoisotopic (exact) mass is 290 g/mol. The molecule has 0 radical (unpaired) electrons. The van der Waals surface area contributed by atoms with Crippen molar-refractivity contribution in [3.63, 3.8) is 0 Å². The summed E-state index contributed by atoms with van der Waals surface area (Å²) < 4.78 is 11.2. The van der Waals surface area contributed by atoms with Crippen molar-refractivity contribution in [3.05, 3.63) is 42.0 Å². The highest BCUT2D eigenvalue weighted by Crippen LogP contribution is 2.35. The van der Waals surface area contributed by atoms with E-state index in [9.17, 15) is 4.79 Å². The number of hydrogen-bond acceptors (Lipinski definition) is 3. The number of carbonyl (C=O) groups excluding carboxylic acids is 1. The molecule has 1 atom stereocenters. The Balaban J connectivity index is 2.18. The van der Waals surface area contributed by atoms with Crippen molar-refractivity contribution in [1.29, 1.82) is 0 Å². The van der Waals surface area contributed by atoms with Gasteiger partial charge in [0.2, 0.25) is 8.32 Å². The van der Waals surface area contributed by atoms with Gasteiger partial charge in [-0.05, 0) is 38.1 Å². The van der Waals surface area contributed by atoms with Crippen LogP contribution in [-0.2, 0) is 14.0 Å². The third-order valence-electron chi connectivity index (χ3n) is 3.32. The van der Waals surface area contributed by atoms with E-state index in [0.717, 1.165) is 17.4 Å². The Morgan fingerprint density at radius 3 is 2.70 bits per heavy atom. The highest BCUT2D eigenvalue weighted by molar-refractivity contribution is 6.72. The van der Waals surface area contributed by atoms with Crippen LogP contribution in [0.3, 0.4) is 0 Å². The van der Waals surface area contributed by atoms with Crippen molar-refractivity contribution in [2.24, 2.45) is 5.92 Å². The van der Waals surface area contributed by atoms with Crippen LogP contribution in [0.1, 0.15) is 18.9 Å². The average molecular weight is 290 g/mol. The van der Waals surface area contributed by atoms with Gasteiger partial charge in [0.05, 0.1) is 13.0 Å². The minimum Gasteiger partial charge on any atom is -0.544 e. The standard InChI is InChI=1S/C16H22O3Si/c1-4-18-16(17)11-13-10-15(19-20(2,3)12-13)14-8-6-5-7-9-14/h5-10,13H,4,11-12H2,1-3H3. The average Bonchev–Trinajstić information content (AvgIpc) is 2.38. The Kier molecular flexibility index (Phi) is 4.65. The van der Waals surface area contributed by atoms with E-state index in [2.05, 4.69) is 19.2 Å². The minimum absolute atomic E-state index is 0.118. The molecule has 1 aliphatic rings. The van der Waals surface area contributed by atoms with Gasteiger partial charge < -0.3 is 9.16 Å².